The van der Waals surface area contributed by atoms with Gasteiger partial charge in [0.2, 0.25) is 6.29 Å². The van der Waals surface area contributed by atoms with E-state index in [1.165, 1.54) is 0 Å². The van der Waals surface area contributed by atoms with Gasteiger partial charge in [0.25, 0.3) is 0 Å². The van der Waals surface area contributed by atoms with E-state index in [2.05, 4.69) is 91.0 Å². The number of benzene rings is 3. The Bertz CT molecular complexity index is 1440. The van der Waals surface area contributed by atoms with Crippen LogP contribution >= 0.6 is 0 Å². The minimum atomic E-state index is -0.475. The number of nitrogens with zero attached hydrogens (tertiary/aromatic N) is 6. The molecule has 37 heavy (non-hydrogen) atoms. The molecule has 0 spiro atoms. The second kappa shape index (κ2) is 9.39. The molecule has 3 aromatic carbocycles. The smallest absolute Gasteiger partial charge is 0.219 e. The van der Waals surface area contributed by atoms with Crippen molar-refractivity contribution in [1.29, 1.82) is 0 Å². The predicted molar refractivity (Wildman–Crippen MR) is 147 cm³/mol. The lowest BCUT2D eigenvalue weighted by molar-refractivity contribution is 0.291. The van der Waals surface area contributed by atoms with Crippen molar-refractivity contribution in [3.63, 3.8) is 0 Å². The molecule has 0 aliphatic carbocycles. The Labute approximate surface area is 216 Å². The molecular weight excluding hydrogens is 456 g/mol. The molecule has 6 nitrogen and oxygen atoms in total. The van der Waals surface area contributed by atoms with Gasteiger partial charge in [0.1, 0.15) is 0 Å². The number of aromatic nitrogens is 6. The molecule has 0 aliphatic heterocycles. The third-order valence-electron chi connectivity index (χ3n) is 6.44. The fourth-order valence-electron chi connectivity index (χ4n) is 4.86. The summed E-state index contributed by atoms with van der Waals surface area (Å²) in [6.45, 7) is 6.08. The van der Waals surface area contributed by atoms with Crippen LogP contribution in [0, 0.1) is 20.8 Å². The summed E-state index contributed by atoms with van der Waals surface area (Å²) in [5.74, 6) is 0. The van der Waals surface area contributed by atoms with E-state index in [0.29, 0.717) is 0 Å². The molecule has 0 bridgehead atoms. The zero-order valence-corrected chi connectivity index (χ0v) is 21.2. The van der Waals surface area contributed by atoms with Crippen LogP contribution in [-0.2, 0) is 0 Å². The highest BCUT2D eigenvalue weighted by Gasteiger charge is 2.28. The summed E-state index contributed by atoms with van der Waals surface area (Å²) in [7, 11) is 0. The quantitative estimate of drug-likeness (QED) is 0.263. The fourth-order valence-corrected chi connectivity index (χ4v) is 4.86. The van der Waals surface area contributed by atoms with Crippen molar-refractivity contribution in [2.45, 2.75) is 27.1 Å². The predicted octanol–water partition coefficient (Wildman–Crippen LogP) is 6.76. The highest BCUT2D eigenvalue weighted by atomic mass is 15.6. The van der Waals surface area contributed by atoms with Crippen LogP contribution in [0.25, 0.3) is 33.8 Å². The van der Waals surface area contributed by atoms with E-state index in [4.69, 9.17) is 15.3 Å². The first-order valence-corrected chi connectivity index (χ1v) is 12.4. The van der Waals surface area contributed by atoms with E-state index in [-0.39, 0.29) is 0 Å². The second-order valence-corrected chi connectivity index (χ2v) is 9.29. The third kappa shape index (κ3) is 4.27. The van der Waals surface area contributed by atoms with E-state index >= 15 is 0 Å². The standard InChI is InChI=1S/C31H28N6/c1-22-19-28(25-13-7-4-8-14-25)35(32-22)31(36-29(20-23(2)33-36)26-15-9-5-10-16-26)37-30(21-24(3)34-37)27-17-11-6-12-18-27/h4-21,31H,1-3H3. The van der Waals surface area contributed by atoms with Gasteiger partial charge in [-0.15, -0.1) is 0 Å². The van der Waals surface area contributed by atoms with Crippen molar-refractivity contribution >= 4 is 0 Å². The maximum atomic E-state index is 5.02. The lowest BCUT2D eigenvalue weighted by atomic mass is 10.1. The highest BCUT2D eigenvalue weighted by Crippen LogP contribution is 2.33. The lowest BCUT2D eigenvalue weighted by Gasteiger charge is -2.25. The van der Waals surface area contributed by atoms with Crippen LogP contribution in [0.1, 0.15) is 23.4 Å². The van der Waals surface area contributed by atoms with Gasteiger partial charge in [-0.2, -0.15) is 15.3 Å². The van der Waals surface area contributed by atoms with E-state index in [1.54, 1.807) is 0 Å². The molecule has 0 amide bonds. The number of hydrogen-bond acceptors (Lipinski definition) is 3. The summed E-state index contributed by atoms with van der Waals surface area (Å²) in [5.41, 5.74) is 9.06. The number of hydrogen-bond donors (Lipinski definition) is 0. The summed E-state index contributed by atoms with van der Waals surface area (Å²) in [6.07, 6.45) is -0.475. The summed E-state index contributed by atoms with van der Waals surface area (Å²) in [5, 5.41) is 15.1. The van der Waals surface area contributed by atoms with E-state index in [1.807, 2.05) is 53.0 Å². The van der Waals surface area contributed by atoms with Crippen LogP contribution in [0.3, 0.4) is 0 Å². The first kappa shape index (κ1) is 22.7. The van der Waals surface area contributed by atoms with Crippen molar-refractivity contribution in [2.75, 3.05) is 0 Å². The van der Waals surface area contributed by atoms with Crippen molar-refractivity contribution in [2.24, 2.45) is 0 Å². The molecule has 0 radical (unpaired) electrons. The highest BCUT2D eigenvalue weighted by molar-refractivity contribution is 5.63. The van der Waals surface area contributed by atoms with Gasteiger partial charge in [-0.1, -0.05) is 91.0 Å². The molecule has 0 fully saturated rings. The van der Waals surface area contributed by atoms with Gasteiger partial charge in [-0.25, -0.2) is 14.0 Å². The molecule has 0 saturated carbocycles. The largest absolute Gasteiger partial charge is 0.240 e. The molecular formula is C31H28N6. The maximum absolute atomic E-state index is 5.02. The number of rotatable bonds is 6. The van der Waals surface area contributed by atoms with Crippen LogP contribution in [0.5, 0.6) is 0 Å². The average molecular weight is 485 g/mol. The summed E-state index contributed by atoms with van der Waals surface area (Å²) >= 11 is 0. The molecule has 182 valence electrons. The topological polar surface area (TPSA) is 53.5 Å². The van der Waals surface area contributed by atoms with Crippen LogP contribution in [0.4, 0.5) is 0 Å². The molecule has 6 rings (SSSR count). The third-order valence-corrected chi connectivity index (χ3v) is 6.44. The van der Waals surface area contributed by atoms with Gasteiger partial charge in [0.05, 0.1) is 34.2 Å². The molecule has 3 aromatic heterocycles. The van der Waals surface area contributed by atoms with E-state index in [9.17, 15) is 0 Å². The molecule has 0 aliphatic rings. The Hall–Kier alpha value is -4.71. The monoisotopic (exact) mass is 484 g/mol. The molecule has 6 heteroatoms. The molecule has 0 unspecified atom stereocenters. The second-order valence-electron chi connectivity index (χ2n) is 9.29. The van der Waals surface area contributed by atoms with Gasteiger partial charge in [-0.3, -0.25) is 0 Å². The zero-order valence-electron chi connectivity index (χ0n) is 21.2. The lowest BCUT2D eigenvalue weighted by Crippen LogP contribution is -2.30. The molecule has 0 N–H and O–H groups in total. The molecule has 0 atom stereocenters. The first-order chi connectivity index (χ1) is 18.1. The first-order valence-electron chi connectivity index (χ1n) is 12.4. The molecule has 0 saturated heterocycles. The van der Waals surface area contributed by atoms with Crippen LogP contribution < -0.4 is 0 Å². The average Bonchev–Trinajstić information content (AvgIpc) is 3.62. The summed E-state index contributed by atoms with van der Waals surface area (Å²) in [6, 6.07) is 37.5. The maximum Gasteiger partial charge on any atom is 0.240 e. The van der Waals surface area contributed by atoms with Crippen molar-refractivity contribution in [3.05, 3.63) is 126 Å². The van der Waals surface area contributed by atoms with Gasteiger partial charge < -0.3 is 0 Å². The number of aryl methyl sites for hydroxylation is 3. The summed E-state index contributed by atoms with van der Waals surface area (Å²) < 4.78 is 6.13. The normalized spacial score (nSPS) is 11.4. The fraction of sp³-hybridized carbons (Fsp3) is 0.129. The van der Waals surface area contributed by atoms with Crippen LogP contribution in [-0.4, -0.2) is 29.3 Å². The van der Waals surface area contributed by atoms with Gasteiger partial charge in [-0.05, 0) is 55.7 Å². The Morgan fingerprint density at radius 2 is 0.703 bits per heavy atom. The van der Waals surface area contributed by atoms with Gasteiger partial charge in [0, 0.05) is 0 Å². The van der Waals surface area contributed by atoms with Crippen molar-refractivity contribution in [3.8, 4) is 33.8 Å². The Balaban J connectivity index is 1.66. The minimum absolute atomic E-state index is 0.475. The summed E-state index contributed by atoms with van der Waals surface area (Å²) in [4.78, 5) is 0. The van der Waals surface area contributed by atoms with Crippen LogP contribution in [0.15, 0.2) is 109 Å². The SMILES string of the molecule is Cc1cc(-c2ccccc2)n(C(n2nc(C)cc2-c2ccccc2)n2nc(C)cc2-c2ccccc2)n1. The van der Waals surface area contributed by atoms with Gasteiger partial charge >= 0.3 is 0 Å². The Morgan fingerprint density at radius 1 is 0.432 bits per heavy atom. The Kier molecular flexibility index (Phi) is 5.77. The van der Waals surface area contributed by atoms with E-state index < -0.39 is 6.29 Å². The van der Waals surface area contributed by atoms with Crippen molar-refractivity contribution < 1.29 is 0 Å². The van der Waals surface area contributed by atoms with Gasteiger partial charge in [0.15, 0.2) is 0 Å². The van der Waals surface area contributed by atoms with E-state index in [0.717, 1.165) is 50.9 Å². The molecule has 6 aromatic rings. The van der Waals surface area contributed by atoms with Crippen LogP contribution in [0.2, 0.25) is 0 Å². The van der Waals surface area contributed by atoms with Crippen molar-refractivity contribution in [1.82, 2.24) is 29.3 Å². The zero-order chi connectivity index (χ0) is 25.4. The Morgan fingerprint density at radius 3 is 0.973 bits per heavy atom. The molecule has 3 heterocycles. The minimum Gasteiger partial charge on any atom is -0.219 e.